The van der Waals surface area contributed by atoms with Crippen molar-refractivity contribution in [1.29, 1.82) is 0 Å². The fraction of sp³-hybridized carbons (Fsp3) is 0.750. The van der Waals surface area contributed by atoms with Gasteiger partial charge in [-0.3, -0.25) is 0 Å². The standard InChI is InChI=1S/C16H26BrNO/c1-3-9-18-15(14-8-10-19-16(14)17)13-7-5-6-12(4-2)11-13/h8,10,12-13,15,18H,3-7,9,11H2,1-2H3. The molecule has 0 bridgehead atoms. The summed E-state index contributed by atoms with van der Waals surface area (Å²) in [6, 6.07) is 2.56. The topological polar surface area (TPSA) is 25.2 Å². The van der Waals surface area contributed by atoms with Crippen LogP contribution in [0.4, 0.5) is 0 Å². The Bertz CT molecular complexity index is 377. The number of nitrogens with one attached hydrogen (secondary N) is 1. The Morgan fingerprint density at radius 1 is 1.42 bits per heavy atom. The van der Waals surface area contributed by atoms with Gasteiger partial charge in [0.2, 0.25) is 0 Å². The summed E-state index contributed by atoms with van der Waals surface area (Å²) in [7, 11) is 0. The van der Waals surface area contributed by atoms with Crippen LogP contribution >= 0.6 is 15.9 Å². The molecular formula is C16H26BrNO. The molecule has 1 aromatic rings. The Morgan fingerprint density at radius 2 is 2.26 bits per heavy atom. The molecule has 0 radical (unpaired) electrons. The van der Waals surface area contributed by atoms with E-state index in [0.717, 1.165) is 23.1 Å². The van der Waals surface area contributed by atoms with Crippen LogP contribution in [-0.4, -0.2) is 6.54 Å². The van der Waals surface area contributed by atoms with Crippen LogP contribution in [0.15, 0.2) is 21.4 Å². The zero-order valence-electron chi connectivity index (χ0n) is 12.1. The highest BCUT2D eigenvalue weighted by atomic mass is 79.9. The van der Waals surface area contributed by atoms with Crippen molar-refractivity contribution in [3.63, 3.8) is 0 Å². The van der Waals surface area contributed by atoms with E-state index in [0.29, 0.717) is 6.04 Å². The first-order valence-corrected chi connectivity index (χ1v) is 8.51. The van der Waals surface area contributed by atoms with Gasteiger partial charge in [0.25, 0.3) is 0 Å². The molecule has 1 aliphatic carbocycles. The molecule has 1 heterocycles. The lowest BCUT2D eigenvalue weighted by Gasteiger charge is -2.34. The van der Waals surface area contributed by atoms with Crippen LogP contribution in [0.25, 0.3) is 0 Å². The second-order valence-electron chi connectivity index (χ2n) is 5.78. The van der Waals surface area contributed by atoms with Gasteiger partial charge in [-0.1, -0.05) is 33.1 Å². The lowest BCUT2D eigenvalue weighted by Crippen LogP contribution is -2.32. The predicted molar refractivity (Wildman–Crippen MR) is 83.2 cm³/mol. The maximum atomic E-state index is 5.45. The van der Waals surface area contributed by atoms with Gasteiger partial charge in [-0.15, -0.1) is 0 Å². The molecule has 3 heteroatoms. The molecule has 2 rings (SSSR count). The molecule has 0 aliphatic heterocycles. The third-order valence-electron chi connectivity index (χ3n) is 4.47. The average molecular weight is 328 g/mol. The summed E-state index contributed by atoms with van der Waals surface area (Å²) < 4.78 is 6.35. The lowest BCUT2D eigenvalue weighted by atomic mass is 9.75. The van der Waals surface area contributed by atoms with Gasteiger partial charge in [-0.2, -0.15) is 0 Å². The van der Waals surface area contributed by atoms with Crippen molar-refractivity contribution in [2.45, 2.75) is 58.4 Å². The van der Waals surface area contributed by atoms with Crippen LogP contribution in [0.1, 0.15) is 64.0 Å². The maximum Gasteiger partial charge on any atom is 0.173 e. The summed E-state index contributed by atoms with van der Waals surface area (Å²) in [4.78, 5) is 0. The summed E-state index contributed by atoms with van der Waals surface area (Å²) >= 11 is 3.55. The smallest absolute Gasteiger partial charge is 0.173 e. The van der Waals surface area contributed by atoms with Gasteiger partial charge in [0.15, 0.2) is 4.67 Å². The van der Waals surface area contributed by atoms with Gasteiger partial charge < -0.3 is 9.73 Å². The number of hydrogen-bond donors (Lipinski definition) is 1. The van der Waals surface area contributed by atoms with E-state index in [9.17, 15) is 0 Å². The second kappa shape index (κ2) is 7.49. The molecule has 108 valence electrons. The fourth-order valence-corrected chi connectivity index (χ4v) is 3.85. The summed E-state index contributed by atoms with van der Waals surface area (Å²) in [5.74, 6) is 1.66. The Balaban J connectivity index is 2.10. The molecule has 0 saturated heterocycles. The molecule has 19 heavy (non-hydrogen) atoms. The first kappa shape index (κ1) is 15.1. The summed E-state index contributed by atoms with van der Waals surface area (Å²) in [5.41, 5.74) is 1.30. The first-order valence-electron chi connectivity index (χ1n) is 7.72. The Hall–Kier alpha value is -0.280. The van der Waals surface area contributed by atoms with Gasteiger partial charge in [-0.25, -0.2) is 0 Å². The zero-order valence-corrected chi connectivity index (χ0v) is 13.7. The van der Waals surface area contributed by atoms with E-state index in [2.05, 4.69) is 41.2 Å². The van der Waals surface area contributed by atoms with Crippen molar-refractivity contribution in [2.75, 3.05) is 6.54 Å². The molecule has 0 aromatic carbocycles. The molecular weight excluding hydrogens is 302 g/mol. The normalized spacial score (nSPS) is 25.4. The molecule has 0 amide bonds. The van der Waals surface area contributed by atoms with E-state index in [1.54, 1.807) is 6.26 Å². The third-order valence-corrected chi connectivity index (χ3v) is 5.11. The van der Waals surface area contributed by atoms with Crippen molar-refractivity contribution in [3.8, 4) is 0 Å². The van der Waals surface area contributed by atoms with Crippen molar-refractivity contribution in [1.82, 2.24) is 5.32 Å². The lowest BCUT2D eigenvalue weighted by molar-refractivity contribution is 0.208. The molecule has 0 spiro atoms. The average Bonchev–Trinajstić information content (AvgIpc) is 2.86. The number of halogens is 1. The van der Waals surface area contributed by atoms with E-state index in [1.807, 2.05) is 0 Å². The summed E-state index contributed by atoms with van der Waals surface area (Å²) in [6.45, 7) is 5.63. The molecule has 3 unspecified atom stereocenters. The fourth-order valence-electron chi connectivity index (χ4n) is 3.36. The number of hydrogen-bond acceptors (Lipinski definition) is 2. The summed E-state index contributed by atoms with van der Waals surface area (Å²) in [5, 5.41) is 3.74. The largest absolute Gasteiger partial charge is 0.457 e. The molecule has 2 nitrogen and oxygen atoms in total. The van der Waals surface area contributed by atoms with E-state index in [-0.39, 0.29) is 0 Å². The van der Waals surface area contributed by atoms with E-state index < -0.39 is 0 Å². The highest BCUT2D eigenvalue weighted by Crippen LogP contribution is 2.40. The molecule has 1 aromatic heterocycles. The Kier molecular flexibility index (Phi) is 5.96. The molecule has 1 saturated carbocycles. The highest BCUT2D eigenvalue weighted by Gasteiger charge is 2.30. The van der Waals surface area contributed by atoms with Crippen molar-refractivity contribution in [2.24, 2.45) is 11.8 Å². The molecule has 1 aliphatic rings. The van der Waals surface area contributed by atoms with Gasteiger partial charge in [0.1, 0.15) is 0 Å². The first-order chi connectivity index (χ1) is 9.26. The molecule has 1 N–H and O–H groups in total. The number of furan rings is 1. The minimum atomic E-state index is 0.447. The molecule has 1 fully saturated rings. The number of rotatable bonds is 6. The van der Waals surface area contributed by atoms with Crippen molar-refractivity contribution in [3.05, 3.63) is 22.6 Å². The third kappa shape index (κ3) is 3.85. The van der Waals surface area contributed by atoms with Gasteiger partial charge in [0.05, 0.1) is 6.26 Å². The Labute approximate surface area is 125 Å². The second-order valence-corrected chi connectivity index (χ2v) is 6.50. The van der Waals surface area contributed by atoms with Gasteiger partial charge in [0, 0.05) is 11.6 Å². The zero-order chi connectivity index (χ0) is 13.7. The van der Waals surface area contributed by atoms with E-state index in [4.69, 9.17) is 4.42 Å². The quantitative estimate of drug-likeness (QED) is 0.766. The van der Waals surface area contributed by atoms with E-state index >= 15 is 0 Å². The Morgan fingerprint density at radius 3 is 2.89 bits per heavy atom. The maximum absolute atomic E-state index is 5.45. The van der Waals surface area contributed by atoms with Gasteiger partial charge >= 0.3 is 0 Å². The minimum Gasteiger partial charge on any atom is -0.457 e. The van der Waals surface area contributed by atoms with Gasteiger partial charge in [-0.05, 0) is 59.6 Å². The SMILES string of the molecule is CCCNC(c1ccoc1Br)C1CCCC(CC)C1. The van der Waals surface area contributed by atoms with Crippen molar-refractivity contribution < 1.29 is 4.42 Å². The van der Waals surface area contributed by atoms with Crippen LogP contribution in [0.5, 0.6) is 0 Å². The predicted octanol–water partition coefficient (Wildman–Crippen LogP) is 5.30. The van der Waals surface area contributed by atoms with Crippen LogP contribution in [0.2, 0.25) is 0 Å². The van der Waals surface area contributed by atoms with Crippen LogP contribution < -0.4 is 5.32 Å². The van der Waals surface area contributed by atoms with Crippen molar-refractivity contribution >= 4 is 15.9 Å². The highest BCUT2D eigenvalue weighted by molar-refractivity contribution is 9.10. The van der Waals surface area contributed by atoms with Crippen LogP contribution in [0, 0.1) is 11.8 Å². The van der Waals surface area contributed by atoms with Crippen LogP contribution in [-0.2, 0) is 0 Å². The monoisotopic (exact) mass is 327 g/mol. The van der Waals surface area contributed by atoms with Crippen LogP contribution in [0.3, 0.4) is 0 Å². The molecule has 3 atom stereocenters. The van der Waals surface area contributed by atoms with E-state index in [1.165, 1.54) is 44.1 Å². The minimum absolute atomic E-state index is 0.447. The summed E-state index contributed by atoms with van der Waals surface area (Å²) in [6.07, 6.45) is 9.79.